The largest absolute Gasteiger partial charge is 0.486 e. The number of pyridine rings is 1. The maximum absolute atomic E-state index is 12.7. The monoisotopic (exact) mass is 373 g/mol. The van der Waals surface area contributed by atoms with E-state index >= 15 is 0 Å². The molecule has 0 aliphatic carbocycles. The van der Waals surface area contributed by atoms with Crippen molar-refractivity contribution >= 4 is 27.8 Å². The summed E-state index contributed by atoms with van der Waals surface area (Å²) < 4.78 is 7.84. The van der Waals surface area contributed by atoms with E-state index in [0.717, 1.165) is 34.1 Å². The summed E-state index contributed by atoms with van der Waals surface area (Å²) >= 11 is 0. The first-order chi connectivity index (χ1) is 13.8. The van der Waals surface area contributed by atoms with Crippen LogP contribution in [0.15, 0.2) is 60.8 Å². The van der Waals surface area contributed by atoms with Gasteiger partial charge in [-0.2, -0.15) is 0 Å². The standard InChI is InChI=1S/C21H19N5O2/c27-20(14-26-18-8-2-1-7-17(18)23-24-26)25-12-10-16(13-25)28-19-9-3-5-15-6-4-11-22-21(15)19/h1-9,11,16H,10,12-14H2/t16-/m0/s1. The van der Waals surface area contributed by atoms with Gasteiger partial charge >= 0.3 is 0 Å². The van der Waals surface area contributed by atoms with Crippen LogP contribution < -0.4 is 4.74 Å². The summed E-state index contributed by atoms with van der Waals surface area (Å²) in [5.74, 6) is 0.789. The molecule has 2 aromatic heterocycles. The Balaban J connectivity index is 1.27. The highest BCUT2D eigenvalue weighted by Crippen LogP contribution is 2.26. The third kappa shape index (κ3) is 3.05. The van der Waals surface area contributed by atoms with Crippen molar-refractivity contribution in [2.45, 2.75) is 19.1 Å². The van der Waals surface area contributed by atoms with Gasteiger partial charge in [0, 0.05) is 24.5 Å². The number of fused-ring (bicyclic) bond motifs is 2. The second-order valence-corrected chi connectivity index (χ2v) is 6.94. The minimum Gasteiger partial charge on any atom is -0.486 e. The number of ether oxygens (including phenoxy) is 1. The molecule has 140 valence electrons. The number of hydrogen-bond acceptors (Lipinski definition) is 5. The number of para-hydroxylation sites is 2. The number of benzene rings is 2. The molecule has 1 amide bonds. The number of hydrogen-bond donors (Lipinski definition) is 0. The number of carbonyl (C=O) groups is 1. The molecule has 0 N–H and O–H groups in total. The third-order valence-electron chi connectivity index (χ3n) is 5.09. The van der Waals surface area contributed by atoms with Crippen molar-refractivity contribution < 1.29 is 9.53 Å². The molecule has 2 aromatic carbocycles. The highest BCUT2D eigenvalue weighted by Gasteiger charge is 2.28. The molecule has 1 aliphatic rings. The van der Waals surface area contributed by atoms with Gasteiger partial charge in [-0.3, -0.25) is 9.78 Å². The van der Waals surface area contributed by atoms with Gasteiger partial charge in [0.1, 0.15) is 29.4 Å². The predicted molar refractivity (Wildman–Crippen MR) is 105 cm³/mol. The molecule has 1 atom stereocenters. The Hall–Kier alpha value is -3.48. The van der Waals surface area contributed by atoms with Crippen molar-refractivity contribution in [2.24, 2.45) is 0 Å². The summed E-state index contributed by atoms with van der Waals surface area (Å²) in [6.07, 6.45) is 2.53. The first-order valence-corrected chi connectivity index (χ1v) is 9.34. The Labute approximate surface area is 161 Å². The predicted octanol–water partition coefficient (Wildman–Crippen LogP) is 2.66. The zero-order valence-electron chi connectivity index (χ0n) is 15.2. The average Bonchev–Trinajstić information content (AvgIpc) is 3.36. The SMILES string of the molecule is O=C(Cn1nnc2ccccc21)N1CC[C@H](Oc2cccc3cccnc23)C1. The molecule has 0 bridgehead atoms. The fourth-order valence-corrected chi connectivity index (χ4v) is 3.66. The second-order valence-electron chi connectivity index (χ2n) is 6.94. The van der Waals surface area contributed by atoms with E-state index in [1.165, 1.54) is 0 Å². The molecule has 1 aliphatic heterocycles. The van der Waals surface area contributed by atoms with Crippen LogP contribution in [0.1, 0.15) is 6.42 Å². The van der Waals surface area contributed by atoms with Crippen LogP contribution in [0.2, 0.25) is 0 Å². The van der Waals surface area contributed by atoms with E-state index in [2.05, 4.69) is 15.3 Å². The normalized spacial score (nSPS) is 16.7. The molecule has 0 saturated carbocycles. The molecule has 7 heteroatoms. The third-order valence-corrected chi connectivity index (χ3v) is 5.09. The van der Waals surface area contributed by atoms with Crippen LogP contribution in [-0.4, -0.2) is 50.0 Å². The van der Waals surface area contributed by atoms with E-state index < -0.39 is 0 Å². The summed E-state index contributed by atoms with van der Waals surface area (Å²) in [5.41, 5.74) is 2.51. The van der Waals surface area contributed by atoms with E-state index in [9.17, 15) is 4.79 Å². The topological polar surface area (TPSA) is 73.1 Å². The maximum atomic E-state index is 12.7. The van der Waals surface area contributed by atoms with Crippen molar-refractivity contribution in [3.8, 4) is 5.75 Å². The Morgan fingerprint density at radius 3 is 2.96 bits per heavy atom. The van der Waals surface area contributed by atoms with Crippen molar-refractivity contribution in [1.82, 2.24) is 24.9 Å². The Bertz CT molecular complexity index is 1150. The Morgan fingerprint density at radius 1 is 1.11 bits per heavy atom. The van der Waals surface area contributed by atoms with Gasteiger partial charge in [0.05, 0.1) is 12.1 Å². The van der Waals surface area contributed by atoms with Crippen molar-refractivity contribution in [1.29, 1.82) is 0 Å². The van der Waals surface area contributed by atoms with Crippen LogP contribution in [0.5, 0.6) is 5.75 Å². The van der Waals surface area contributed by atoms with E-state index in [-0.39, 0.29) is 18.6 Å². The number of amides is 1. The molecule has 0 unspecified atom stereocenters. The number of carbonyl (C=O) groups excluding carboxylic acids is 1. The van der Waals surface area contributed by atoms with Gasteiger partial charge in [0.2, 0.25) is 5.91 Å². The number of likely N-dealkylation sites (tertiary alicyclic amines) is 1. The fourth-order valence-electron chi connectivity index (χ4n) is 3.66. The molecule has 4 aromatic rings. The summed E-state index contributed by atoms with van der Waals surface area (Å²) in [5, 5.41) is 9.26. The Morgan fingerprint density at radius 2 is 2.00 bits per heavy atom. The highest BCUT2D eigenvalue weighted by atomic mass is 16.5. The molecule has 0 spiro atoms. The van der Waals surface area contributed by atoms with Gasteiger partial charge in [0.15, 0.2) is 0 Å². The first kappa shape index (κ1) is 16.7. The van der Waals surface area contributed by atoms with Gasteiger partial charge in [-0.15, -0.1) is 5.10 Å². The zero-order valence-corrected chi connectivity index (χ0v) is 15.2. The molecular formula is C21H19N5O2. The van der Waals surface area contributed by atoms with E-state index in [0.29, 0.717) is 13.1 Å². The molecule has 1 saturated heterocycles. The van der Waals surface area contributed by atoms with Crippen LogP contribution in [0.4, 0.5) is 0 Å². The Kier molecular flexibility index (Phi) is 4.12. The number of aromatic nitrogens is 4. The summed E-state index contributed by atoms with van der Waals surface area (Å²) in [4.78, 5) is 19.0. The van der Waals surface area contributed by atoms with Gasteiger partial charge in [-0.25, -0.2) is 4.68 Å². The lowest BCUT2D eigenvalue weighted by atomic mass is 10.2. The summed E-state index contributed by atoms with van der Waals surface area (Å²) in [7, 11) is 0. The van der Waals surface area contributed by atoms with Gasteiger partial charge < -0.3 is 9.64 Å². The lowest BCUT2D eigenvalue weighted by molar-refractivity contribution is -0.131. The zero-order chi connectivity index (χ0) is 18.9. The molecule has 3 heterocycles. The van der Waals surface area contributed by atoms with E-state index in [1.54, 1.807) is 10.9 Å². The van der Waals surface area contributed by atoms with Crippen molar-refractivity contribution in [3.63, 3.8) is 0 Å². The first-order valence-electron chi connectivity index (χ1n) is 9.34. The van der Waals surface area contributed by atoms with Crippen LogP contribution in [0.25, 0.3) is 21.9 Å². The molecule has 28 heavy (non-hydrogen) atoms. The van der Waals surface area contributed by atoms with Gasteiger partial charge in [-0.05, 0) is 24.3 Å². The second kappa shape index (κ2) is 6.92. The van der Waals surface area contributed by atoms with Crippen LogP contribution in [0.3, 0.4) is 0 Å². The van der Waals surface area contributed by atoms with Gasteiger partial charge in [-0.1, -0.05) is 35.5 Å². The maximum Gasteiger partial charge on any atom is 0.244 e. The minimum atomic E-state index is -0.0379. The molecule has 1 fully saturated rings. The van der Waals surface area contributed by atoms with Crippen molar-refractivity contribution in [2.75, 3.05) is 13.1 Å². The molecule has 7 nitrogen and oxygen atoms in total. The van der Waals surface area contributed by atoms with Crippen LogP contribution in [0, 0.1) is 0 Å². The molecular weight excluding hydrogens is 354 g/mol. The van der Waals surface area contributed by atoms with Crippen molar-refractivity contribution in [3.05, 3.63) is 60.8 Å². The minimum absolute atomic E-state index is 0.0257. The number of nitrogens with zero attached hydrogens (tertiary/aromatic N) is 5. The smallest absolute Gasteiger partial charge is 0.244 e. The van der Waals surface area contributed by atoms with Gasteiger partial charge in [0.25, 0.3) is 0 Å². The summed E-state index contributed by atoms with van der Waals surface area (Å²) in [6, 6.07) is 17.5. The average molecular weight is 373 g/mol. The fraction of sp³-hybridized carbons (Fsp3) is 0.238. The van der Waals surface area contributed by atoms with E-state index in [4.69, 9.17) is 4.74 Å². The quantitative estimate of drug-likeness (QED) is 0.550. The van der Waals surface area contributed by atoms with Crippen LogP contribution >= 0.6 is 0 Å². The highest BCUT2D eigenvalue weighted by molar-refractivity contribution is 5.84. The molecule has 0 radical (unpaired) electrons. The lowest BCUT2D eigenvalue weighted by Crippen LogP contribution is -2.33. The van der Waals surface area contributed by atoms with E-state index in [1.807, 2.05) is 59.5 Å². The number of rotatable bonds is 4. The van der Waals surface area contributed by atoms with Crippen LogP contribution in [-0.2, 0) is 11.3 Å². The lowest BCUT2D eigenvalue weighted by Gasteiger charge is -2.18. The summed E-state index contributed by atoms with van der Waals surface area (Å²) in [6.45, 7) is 1.42. The molecule has 5 rings (SSSR count).